The normalized spacial score (nSPS) is 13.5. The molecule has 0 bridgehead atoms. The van der Waals surface area contributed by atoms with Gasteiger partial charge in [0.25, 0.3) is 6.43 Å². The van der Waals surface area contributed by atoms with E-state index in [9.17, 15) is 8.78 Å². The van der Waals surface area contributed by atoms with Gasteiger partial charge in [0.05, 0.1) is 5.69 Å². The summed E-state index contributed by atoms with van der Waals surface area (Å²) >= 11 is 0. The maximum Gasteiger partial charge on any atom is 0.264 e. The first kappa shape index (κ1) is 12.1. The van der Waals surface area contributed by atoms with Crippen molar-refractivity contribution in [2.24, 2.45) is 0 Å². The second-order valence-corrected chi connectivity index (χ2v) is 3.40. The summed E-state index contributed by atoms with van der Waals surface area (Å²) in [6, 6.07) is 1.77. The lowest BCUT2D eigenvalue weighted by atomic mass is 10.2. The van der Waals surface area contributed by atoms with E-state index < -0.39 is 12.5 Å². The van der Waals surface area contributed by atoms with Gasteiger partial charge in [-0.1, -0.05) is 6.92 Å². The zero-order valence-corrected chi connectivity index (χ0v) is 8.95. The van der Waals surface area contributed by atoms with Crippen LogP contribution in [0.5, 0.6) is 0 Å². The largest absolute Gasteiger partial charge is 0.387 e. The number of aryl methyl sites for hydroxylation is 2. The van der Waals surface area contributed by atoms with E-state index in [1.165, 1.54) is 0 Å². The number of halogens is 2. The second kappa shape index (κ2) is 5.21. The van der Waals surface area contributed by atoms with Crippen LogP contribution in [0.2, 0.25) is 0 Å². The number of aromatic nitrogens is 2. The van der Waals surface area contributed by atoms with E-state index in [2.05, 4.69) is 5.10 Å². The minimum Gasteiger partial charge on any atom is -0.387 e. The van der Waals surface area contributed by atoms with E-state index in [-0.39, 0.29) is 6.42 Å². The highest BCUT2D eigenvalue weighted by atomic mass is 19.3. The van der Waals surface area contributed by atoms with Gasteiger partial charge in [-0.3, -0.25) is 4.68 Å². The molecule has 0 aliphatic rings. The van der Waals surface area contributed by atoms with Crippen LogP contribution in [-0.4, -0.2) is 27.4 Å². The smallest absolute Gasteiger partial charge is 0.264 e. The average molecular weight is 218 g/mol. The van der Waals surface area contributed by atoms with Crippen LogP contribution in [-0.2, 0) is 19.4 Å². The van der Waals surface area contributed by atoms with E-state index in [0.717, 1.165) is 12.1 Å². The van der Waals surface area contributed by atoms with Crippen LogP contribution >= 0.6 is 0 Å². The van der Waals surface area contributed by atoms with E-state index in [1.54, 1.807) is 10.7 Å². The van der Waals surface area contributed by atoms with Gasteiger partial charge >= 0.3 is 0 Å². The second-order valence-electron chi connectivity index (χ2n) is 3.40. The lowest BCUT2D eigenvalue weighted by Gasteiger charge is -2.09. The molecule has 0 radical (unpaired) electrons. The molecule has 0 fully saturated rings. The Morgan fingerprint density at radius 2 is 2.13 bits per heavy atom. The molecule has 1 atom stereocenters. The Morgan fingerprint density at radius 3 is 2.60 bits per heavy atom. The third-order valence-corrected chi connectivity index (χ3v) is 2.28. The fourth-order valence-corrected chi connectivity index (χ4v) is 1.43. The summed E-state index contributed by atoms with van der Waals surface area (Å²) < 4.78 is 26.0. The molecule has 0 aliphatic carbocycles. The Labute approximate surface area is 87.7 Å². The van der Waals surface area contributed by atoms with Crippen molar-refractivity contribution in [2.75, 3.05) is 0 Å². The Balaban J connectivity index is 2.78. The van der Waals surface area contributed by atoms with E-state index in [0.29, 0.717) is 12.2 Å². The van der Waals surface area contributed by atoms with Crippen molar-refractivity contribution in [1.29, 1.82) is 0 Å². The molecule has 0 saturated heterocycles. The molecule has 0 aliphatic heterocycles. The molecular formula is C10H16F2N2O. The maximum absolute atomic E-state index is 12.2. The third kappa shape index (κ3) is 2.99. The molecule has 15 heavy (non-hydrogen) atoms. The first-order chi connectivity index (χ1) is 7.08. The molecule has 0 spiro atoms. The van der Waals surface area contributed by atoms with Crippen molar-refractivity contribution >= 4 is 0 Å². The van der Waals surface area contributed by atoms with Gasteiger partial charge in [0.15, 0.2) is 0 Å². The SMILES string of the molecule is CCc1cc(CC(O)C(F)F)n(CC)n1. The lowest BCUT2D eigenvalue weighted by molar-refractivity contribution is -0.00468. The predicted octanol–water partition coefficient (Wildman–Crippen LogP) is 1.63. The van der Waals surface area contributed by atoms with Crippen LogP contribution in [0.3, 0.4) is 0 Å². The van der Waals surface area contributed by atoms with Gasteiger partial charge in [-0.25, -0.2) is 8.78 Å². The summed E-state index contributed by atoms with van der Waals surface area (Å²) in [7, 11) is 0. The van der Waals surface area contributed by atoms with Gasteiger partial charge in [-0.15, -0.1) is 0 Å². The minimum absolute atomic E-state index is 0.0431. The zero-order chi connectivity index (χ0) is 11.4. The number of hydrogen-bond donors (Lipinski definition) is 1. The van der Waals surface area contributed by atoms with Crippen LogP contribution in [0.1, 0.15) is 25.2 Å². The van der Waals surface area contributed by atoms with Gasteiger partial charge in [0.1, 0.15) is 6.10 Å². The number of rotatable bonds is 5. The van der Waals surface area contributed by atoms with Crippen molar-refractivity contribution in [2.45, 2.75) is 45.8 Å². The molecular weight excluding hydrogens is 202 g/mol. The third-order valence-electron chi connectivity index (χ3n) is 2.28. The molecule has 1 unspecified atom stereocenters. The zero-order valence-electron chi connectivity index (χ0n) is 8.95. The molecule has 1 aromatic rings. The quantitative estimate of drug-likeness (QED) is 0.815. The number of aliphatic hydroxyl groups excluding tert-OH is 1. The fourth-order valence-electron chi connectivity index (χ4n) is 1.43. The van der Waals surface area contributed by atoms with Crippen molar-refractivity contribution in [3.8, 4) is 0 Å². The molecule has 0 saturated carbocycles. The standard InChI is InChI=1S/C10H16F2N2O/c1-3-7-5-8(14(4-2)13-7)6-9(15)10(11)12/h5,9-10,15H,3-4,6H2,1-2H3. The molecule has 1 rings (SSSR count). The predicted molar refractivity (Wildman–Crippen MR) is 53.0 cm³/mol. The summed E-state index contributed by atoms with van der Waals surface area (Å²) in [6.07, 6.45) is -3.57. The summed E-state index contributed by atoms with van der Waals surface area (Å²) in [4.78, 5) is 0. The van der Waals surface area contributed by atoms with Crippen LogP contribution in [0.15, 0.2) is 6.07 Å². The van der Waals surface area contributed by atoms with Gasteiger partial charge in [-0.05, 0) is 19.4 Å². The topological polar surface area (TPSA) is 38.0 Å². The van der Waals surface area contributed by atoms with E-state index >= 15 is 0 Å². The minimum atomic E-state index is -2.70. The molecule has 1 heterocycles. The molecule has 5 heteroatoms. The van der Waals surface area contributed by atoms with Gasteiger partial charge in [-0.2, -0.15) is 5.10 Å². The highest BCUT2D eigenvalue weighted by molar-refractivity contribution is 5.11. The van der Waals surface area contributed by atoms with Crippen LogP contribution in [0, 0.1) is 0 Å². The van der Waals surface area contributed by atoms with Crippen LogP contribution < -0.4 is 0 Å². The van der Waals surface area contributed by atoms with Crippen molar-refractivity contribution in [1.82, 2.24) is 9.78 Å². The van der Waals surface area contributed by atoms with Crippen molar-refractivity contribution in [3.05, 3.63) is 17.5 Å². The highest BCUT2D eigenvalue weighted by Gasteiger charge is 2.19. The van der Waals surface area contributed by atoms with Crippen molar-refractivity contribution < 1.29 is 13.9 Å². The monoisotopic (exact) mass is 218 g/mol. The number of aliphatic hydroxyl groups is 1. The summed E-state index contributed by atoms with van der Waals surface area (Å²) in [5.74, 6) is 0. The van der Waals surface area contributed by atoms with Crippen molar-refractivity contribution in [3.63, 3.8) is 0 Å². The number of alkyl halides is 2. The van der Waals surface area contributed by atoms with Gasteiger partial charge in [0, 0.05) is 18.7 Å². The van der Waals surface area contributed by atoms with E-state index in [4.69, 9.17) is 5.11 Å². The molecule has 1 N–H and O–H groups in total. The van der Waals surface area contributed by atoms with Gasteiger partial charge in [0.2, 0.25) is 0 Å². The Bertz CT molecular complexity index is 312. The Hall–Kier alpha value is -0.970. The molecule has 0 amide bonds. The molecule has 86 valence electrons. The highest BCUT2D eigenvalue weighted by Crippen LogP contribution is 2.12. The first-order valence-electron chi connectivity index (χ1n) is 5.10. The summed E-state index contributed by atoms with van der Waals surface area (Å²) in [5.41, 5.74) is 1.54. The Kier molecular flexibility index (Phi) is 4.20. The van der Waals surface area contributed by atoms with Crippen LogP contribution in [0.25, 0.3) is 0 Å². The fraction of sp³-hybridized carbons (Fsp3) is 0.700. The number of hydrogen-bond acceptors (Lipinski definition) is 2. The number of nitrogens with zero attached hydrogens (tertiary/aromatic N) is 2. The average Bonchev–Trinajstić information content (AvgIpc) is 2.60. The molecule has 3 nitrogen and oxygen atoms in total. The van der Waals surface area contributed by atoms with Gasteiger partial charge < -0.3 is 5.11 Å². The Morgan fingerprint density at radius 1 is 1.47 bits per heavy atom. The summed E-state index contributed by atoms with van der Waals surface area (Å²) in [6.45, 7) is 4.48. The lowest BCUT2D eigenvalue weighted by Crippen LogP contribution is -2.22. The van der Waals surface area contributed by atoms with Crippen LogP contribution in [0.4, 0.5) is 8.78 Å². The van der Waals surface area contributed by atoms with E-state index in [1.807, 2.05) is 13.8 Å². The maximum atomic E-state index is 12.2. The first-order valence-corrected chi connectivity index (χ1v) is 5.10. The molecule has 1 aromatic heterocycles. The summed E-state index contributed by atoms with van der Waals surface area (Å²) in [5, 5.41) is 13.3. The molecule has 0 aromatic carbocycles.